The van der Waals surface area contributed by atoms with Crippen molar-refractivity contribution in [2.75, 3.05) is 18.9 Å². The van der Waals surface area contributed by atoms with Gasteiger partial charge in [-0.25, -0.2) is 4.39 Å². The number of hydrogen-bond acceptors (Lipinski definition) is 4. The molecular formula is C24H33Cl2FN2O2. The number of benzene rings is 2. The van der Waals surface area contributed by atoms with E-state index in [4.69, 9.17) is 33.7 Å². The molecular weight excluding hydrogens is 438 g/mol. The Balaban J connectivity index is 0.000000400. The van der Waals surface area contributed by atoms with Gasteiger partial charge in [0.15, 0.2) is 0 Å². The highest BCUT2D eigenvalue weighted by Crippen LogP contribution is 2.39. The first kappa shape index (κ1) is 27.4. The Bertz CT molecular complexity index is 790. The van der Waals surface area contributed by atoms with Gasteiger partial charge in [0.25, 0.3) is 0 Å². The Morgan fingerprint density at radius 2 is 1.87 bits per heavy atom. The fraction of sp³-hybridized carbons (Fsp3) is 0.458. The molecule has 1 heterocycles. The Morgan fingerprint density at radius 3 is 2.39 bits per heavy atom. The van der Waals surface area contributed by atoms with Crippen LogP contribution in [0.3, 0.4) is 0 Å². The van der Waals surface area contributed by atoms with Gasteiger partial charge in [-0.1, -0.05) is 55.2 Å². The standard InChI is InChI=1S/C17H25ClFNO.C6H6ClN.CH2O/c1-11(2)7-8-20-12(3)15(9-13(20)10-21)14-5-4-6-16(18)17(14)19;7-5-2-1-3-6(8)4-5;1-2/h4-6,11-13,15,21H,7-10H2,1-3H3;1-4H,8H2;1H2/t12?,13-,15?;;/m1../s1. The predicted octanol–water partition coefficient (Wildman–Crippen LogP) is 5.80. The Morgan fingerprint density at radius 1 is 1.23 bits per heavy atom. The highest BCUT2D eigenvalue weighted by Gasteiger charge is 2.39. The molecule has 3 atom stereocenters. The lowest BCUT2D eigenvalue weighted by atomic mass is 9.91. The number of hydrogen-bond donors (Lipinski definition) is 2. The molecule has 1 fully saturated rings. The van der Waals surface area contributed by atoms with E-state index in [2.05, 4.69) is 25.7 Å². The second-order valence-corrected chi connectivity index (χ2v) is 8.88. The topological polar surface area (TPSA) is 66.6 Å². The molecule has 0 aromatic heterocycles. The number of nitrogens with two attached hydrogens (primary N) is 1. The van der Waals surface area contributed by atoms with Crippen molar-refractivity contribution in [3.05, 3.63) is 63.9 Å². The summed E-state index contributed by atoms with van der Waals surface area (Å²) < 4.78 is 14.3. The van der Waals surface area contributed by atoms with Crippen molar-refractivity contribution in [3.63, 3.8) is 0 Å². The molecule has 4 nitrogen and oxygen atoms in total. The third-order valence-corrected chi connectivity index (χ3v) is 6.03. The first-order valence-corrected chi connectivity index (χ1v) is 11.1. The lowest BCUT2D eigenvalue weighted by Crippen LogP contribution is -2.38. The number of nitrogens with zero attached hydrogens (tertiary/aromatic N) is 1. The van der Waals surface area contributed by atoms with Crippen LogP contribution in [0.1, 0.15) is 45.1 Å². The summed E-state index contributed by atoms with van der Waals surface area (Å²) in [6.07, 6.45) is 1.87. The van der Waals surface area contributed by atoms with Crippen molar-refractivity contribution in [2.24, 2.45) is 5.92 Å². The van der Waals surface area contributed by atoms with E-state index in [0.29, 0.717) is 22.2 Å². The number of aliphatic hydroxyl groups excluding tert-OH is 1. The van der Waals surface area contributed by atoms with Gasteiger partial charge in [-0.15, -0.1) is 0 Å². The number of carbonyl (C=O) groups is 1. The van der Waals surface area contributed by atoms with Crippen molar-refractivity contribution in [2.45, 2.75) is 51.6 Å². The van der Waals surface area contributed by atoms with Crippen LogP contribution in [0.2, 0.25) is 10.0 Å². The molecule has 3 N–H and O–H groups in total. The summed E-state index contributed by atoms with van der Waals surface area (Å²) in [5.41, 5.74) is 6.76. The number of aliphatic hydroxyl groups is 1. The summed E-state index contributed by atoms with van der Waals surface area (Å²) in [5.74, 6) is 0.407. The van der Waals surface area contributed by atoms with Crippen molar-refractivity contribution in [1.29, 1.82) is 0 Å². The molecule has 0 spiro atoms. The van der Waals surface area contributed by atoms with E-state index < -0.39 is 0 Å². The smallest absolute Gasteiger partial charge is 0.145 e. The zero-order valence-corrected chi connectivity index (χ0v) is 19.9. The number of rotatable bonds is 5. The van der Waals surface area contributed by atoms with Gasteiger partial charge in [0, 0.05) is 28.7 Å². The lowest BCUT2D eigenvalue weighted by molar-refractivity contribution is -0.0979. The summed E-state index contributed by atoms with van der Waals surface area (Å²) >= 11 is 11.5. The third-order valence-electron chi connectivity index (χ3n) is 5.51. The van der Waals surface area contributed by atoms with Crippen LogP contribution in [0.25, 0.3) is 0 Å². The molecule has 7 heteroatoms. The zero-order chi connectivity index (χ0) is 23.6. The second-order valence-electron chi connectivity index (χ2n) is 8.04. The van der Waals surface area contributed by atoms with Crippen LogP contribution in [-0.4, -0.2) is 42.0 Å². The first-order valence-electron chi connectivity index (χ1n) is 10.3. The molecule has 0 saturated carbocycles. The molecule has 0 radical (unpaired) electrons. The summed E-state index contributed by atoms with van der Waals surface area (Å²) in [6.45, 7) is 9.59. The minimum Gasteiger partial charge on any atom is -0.399 e. The number of carbonyl (C=O) groups excluding carboxylic acids is 1. The predicted molar refractivity (Wildman–Crippen MR) is 128 cm³/mol. The highest BCUT2D eigenvalue weighted by atomic mass is 35.5. The first-order chi connectivity index (χ1) is 14.7. The normalized spacial score (nSPS) is 20.6. The monoisotopic (exact) mass is 470 g/mol. The summed E-state index contributed by atoms with van der Waals surface area (Å²) in [5, 5.41) is 10.5. The van der Waals surface area contributed by atoms with E-state index in [0.717, 1.165) is 19.4 Å². The van der Waals surface area contributed by atoms with Gasteiger partial charge >= 0.3 is 0 Å². The maximum Gasteiger partial charge on any atom is 0.145 e. The molecule has 2 aromatic carbocycles. The molecule has 1 aliphatic rings. The van der Waals surface area contributed by atoms with Crippen molar-refractivity contribution >= 4 is 35.7 Å². The fourth-order valence-corrected chi connectivity index (χ4v) is 4.24. The van der Waals surface area contributed by atoms with Crippen molar-refractivity contribution < 1.29 is 14.3 Å². The minimum atomic E-state index is -0.307. The fourth-order valence-electron chi connectivity index (χ4n) is 3.86. The lowest BCUT2D eigenvalue weighted by Gasteiger charge is -2.29. The molecule has 2 aromatic rings. The molecule has 1 saturated heterocycles. The number of halogens is 3. The van der Waals surface area contributed by atoms with Gasteiger partial charge in [0.05, 0.1) is 11.6 Å². The molecule has 1 aliphatic heterocycles. The molecule has 31 heavy (non-hydrogen) atoms. The second kappa shape index (κ2) is 13.7. The quantitative estimate of drug-likeness (QED) is 0.541. The SMILES string of the molecule is C=O.CC(C)CCN1C(C)C(c2cccc(Cl)c2F)C[C@@H]1CO.Nc1cccc(Cl)c1. The van der Waals surface area contributed by atoms with Crippen molar-refractivity contribution in [3.8, 4) is 0 Å². The summed E-state index contributed by atoms with van der Waals surface area (Å²) in [6, 6.07) is 12.7. The van der Waals surface area contributed by atoms with E-state index in [-0.39, 0.29) is 35.4 Å². The van der Waals surface area contributed by atoms with Gasteiger partial charge in [-0.2, -0.15) is 0 Å². The van der Waals surface area contributed by atoms with E-state index in [9.17, 15) is 9.50 Å². The highest BCUT2D eigenvalue weighted by molar-refractivity contribution is 6.31. The maximum atomic E-state index is 14.3. The molecule has 0 aliphatic carbocycles. The van der Waals surface area contributed by atoms with Gasteiger partial charge in [-0.3, -0.25) is 4.90 Å². The van der Waals surface area contributed by atoms with Crippen molar-refractivity contribution in [1.82, 2.24) is 4.90 Å². The zero-order valence-electron chi connectivity index (χ0n) is 18.4. The van der Waals surface area contributed by atoms with E-state index in [1.807, 2.05) is 18.9 Å². The number of nitrogen functional groups attached to an aromatic ring is 1. The minimum absolute atomic E-state index is 0.0908. The van der Waals surface area contributed by atoms with Crippen LogP contribution < -0.4 is 5.73 Å². The average molecular weight is 471 g/mol. The molecule has 0 amide bonds. The van der Waals surface area contributed by atoms with E-state index >= 15 is 0 Å². The van der Waals surface area contributed by atoms with Gasteiger partial charge in [-0.05, 0) is 62.1 Å². The van der Waals surface area contributed by atoms with Gasteiger partial charge < -0.3 is 15.6 Å². The average Bonchev–Trinajstić information content (AvgIpc) is 3.05. The molecule has 172 valence electrons. The van der Waals surface area contributed by atoms with Gasteiger partial charge in [0.2, 0.25) is 0 Å². The van der Waals surface area contributed by atoms with Gasteiger partial charge in [0.1, 0.15) is 12.6 Å². The molecule has 2 unspecified atom stereocenters. The van der Waals surface area contributed by atoms with E-state index in [1.165, 1.54) is 0 Å². The number of anilines is 1. The van der Waals surface area contributed by atoms with Crippen LogP contribution >= 0.6 is 23.2 Å². The Kier molecular flexibility index (Phi) is 12.1. The third kappa shape index (κ3) is 8.08. The summed E-state index contributed by atoms with van der Waals surface area (Å²) in [4.78, 5) is 10.3. The summed E-state index contributed by atoms with van der Waals surface area (Å²) in [7, 11) is 0. The number of likely N-dealkylation sites (tertiary alicyclic amines) is 1. The Labute approximate surface area is 195 Å². The van der Waals surface area contributed by atoms with Crippen LogP contribution in [-0.2, 0) is 4.79 Å². The Hall–Kier alpha value is -1.66. The maximum absolute atomic E-state index is 14.3. The van der Waals surface area contributed by atoms with E-state index in [1.54, 1.807) is 30.3 Å². The van der Waals surface area contributed by atoms with Crippen LogP contribution in [0, 0.1) is 11.7 Å². The van der Waals surface area contributed by atoms with Crippen LogP contribution in [0.5, 0.6) is 0 Å². The largest absolute Gasteiger partial charge is 0.399 e. The molecule has 3 rings (SSSR count). The van der Waals surface area contributed by atoms with Crippen LogP contribution in [0.15, 0.2) is 42.5 Å². The van der Waals surface area contributed by atoms with Crippen LogP contribution in [0.4, 0.5) is 10.1 Å². The molecule has 0 bridgehead atoms.